The van der Waals surface area contributed by atoms with Gasteiger partial charge in [-0.1, -0.05) is 22.0 Å². The number of amides is 1. The lowest BCUT2D eigenvalue weighted by Gasteiger charge is -2.30. The first-order valence-corrected chi connectivity index (χ1v) is 8.21. The first-order valence-electron chi connectivity index (χ1n) is 7.41. The van der Waals surface area contributed by atoms with Gasteiger partial charge in [-0.15, -0.1) is 12.4 Å². The lowest BCUT2D eigenvalue weighted by molar-refractivity contribution is 0.0708. The smallest absolute Gasteiger partial charge is 0.257 e. The predicted octanol–water partition coefficient (Wildman–Crippen LogP) is 2.93. The molecule has 0 radical (unpaired) electrons. The van der Waals surface area contributed by atoms with E-state index in [-0.39, 0.29) is 24.4 Å². The number of piperidine rings is 1. The maximum Gasteiger partial charge on any atom is 0.257 e. The number of nitrogens with two attached hydrogens (primary N) is 1. The van der Waals surface area contributed by atoms with Crippen molar-refractivity contribution in [1.82, 2.24) is 14.7 Å². The molecule has 0 bridgehead atoms. The van der Waals surface area contributed by atoms with Crippen LogP contribution in [0.5, 0.6) is 0 Å². The fraction of sp³-hybridized carbons (Fsp3) is 0.375. The van der Waals surface area contributed by atoms with Gasteiger partial charge in [0.25, 0.3) is 5.91 Å². The van der Waals surface area contributed by atoms with Crippen molar-refractivity contribution >= 4 is 34.2 Å². The molecular formula is C16H20BrClN4O. The Kier molecular flexibility index (Phi) is 5.84. The molecule has 5 nitrogen and oxygen atoms in total. The lowest BCUT2D eigenvalue weighted by Crippen LogP contribution is -2.45. The highest BCUT2D eigenvalue weighted by molar-refractivity contribution is 9.10. The third-order valence-electron chi connectivity index (χ3n) is 4.04. The number of likely N-dealkylation sites (tertiary alicyclic amines) is 1. The summed E-state index contributed by atoms with van der Waals surface area (Å²) in [6.45, 7) is 3.32. The van der Waals surface area contributed by atoms with Gasteiger partial charge in [0, 0.05) is 23.6 Å². The number of carbonyl (C=O) groups is 1. The minimum absolute atomic E-state index is 0. The third kappa shape index (κ3) is 3.76. The molecule has 23 heavy (non-hydrogen) atoms. The second-order valence-corrected chi connectivity index (χ2v) is 6.60. The Labute approximate surface area is 150 Å². The van der Waals surface area contributed by atoms with Crippen LogP contribution in [0.3, 0.4) is 0 Å². The highest BCUT2D eigenvalue weighted by Crippen LogP contribution is 2.20. The zero-order valence-corrected chi connectivity index (χ0v) is 15.3. The summed E-state index contributed by atoms with van der Waals surface area (Å²) in [4.78, 5) is 14.5. The summed E-state index contributed by atoms with van der Waals surface area (Å²) in [5.74, 6) is 0.0221. The molecule has 1 aliphatic rings. The van der Waals surface area contributed by atoms with E-state index in [9.17, 15) is 4.79 Å². The Bertz CT molecular complexity index is 703. The fourth-order valence-electron chi connectivity index (χ4n) is 2.85. The fourth-order valence-corrected chi connectivity index (χ4v) is 3.24. The van der Waals surface area contributed by atoms with Gasteiger partial charge in [-0.25, -0.2) is 4.68 Å². The van der Waals surface area contributed by atoms with E-state index in [1.165, 1.54) is 0 Å². The SMILES string of the molecule is Cc1c(C(=O)N2CCCC(N)C2)cnn1-c1cccc(Br)c1.Cl. The van der Waals surface area contributed by atoms with Gasteiger partial charge in [-0.2, -0.15) is 5.10 Å². The van der Waals surface area contributed by atoms with Gasteiger partial charge >= 0.3 is 0 Å². The van der Waals surface area contributed by atoms with Crippen molar-refractivity contribution < 1.29 is 4.79 Å². The first-order chi connectivity index (χ1) is 10.6. The maximum absolute atomic E-state index is 12.7. The van der Waals surface area contributed by atoms with E-state index in [0.717, 1.165) is 35.2 Å². The summed E-state index contributed by atoms with van der Waals surface area (Å²) >= 11 is 3.46. The second-order valence-electron chi connectivity index (χ2n) is 5.69. The van der Waals surface area contributed by atoms with E-state index in [4.69, 9.17) is 5.73 Å². The van der Waals surface area contributed by atoms with Crippen molar-refractivity contribution in [2.45, 2.75) is 25.8 Å². The zero-order valence-electron chi connectivity index (χ0n) is 12.9. The summed E-state index contributed by atoms with van der Waals surface area (Å²) in [5, 5.41) is 4.38. The number of halogens is 2. The van der Waals surface area contributed by atoms with Gasteiger partial charge in [0.2, 0.25) is 0 Å². The van der Waals surface area contributed by atoms with Crippen molar-refractivity contribution in [1.29, 1.82) is 0 Å². The number of nitrogens with zero attached hydrogens (tertiary/aromatic N) is 3. The minimum Gasteiger partial charge on any atom is -0.337 e. The van der Waals surface area contributed by atoms with E-state index in [1.807, 2.05) is 36.1 Å². The predicted molar refractivity (Wildman–Crippen MR) is 96.4 cm³/mol. The molecule has 1 aromatic heterocycles. The molecule has 3 rings (SSSR count). The number of hydrogen-bond acceptors (Lipinski definition) is 3. The van der Waals surface area contributed by atoms with Crippen LogP contribution in [0.2, 0.25) is 0 Å². The molecule has 1 unspecified atom stereocenters. The van der Waals surface area contributed by atoms with E-state index < -0.39 is 0 Å². The Morgan fingerprint density at radius 3 is 2.91 bits per heavy atom. The molecule has 0 aliphatic carbocycles. The second kappa shape index (κ2) is 7.47. The molecular weight excluding hydrogens is 380 g/mol. The Morgan fingerprint density at radius 1 is 1.43 bits per heavy atom. The molecule has 124 valence electrons. The van der Waals surface area contributed by atoms with Crippen LogP contribution in [-0.4, -0.2) is 39.7 Å². The van der Waals surface area contributed by atoms with Gasteiger partial charge in [-0.3, -0.25) is 4.79 Å². The van der Waals surface area contributed by atoms with Crippen molar-refractivity contribution in [3.8, 4) is 5.69 Å². The Morgan fingerprint density at radius 2 is 2.22 bits per heavy atom. The molecule has 1 fully saturated rings. The van der Waals surface area contributed by atoms with Gasteiger partial charge in [0.1, 0.15) is 0 Å². The van der Waals surface area contributed by atoms with Crippen molar-refractivity contribution in [2.75, 3.05) is 13.1 Å². The summed E-state index contributed by atoms with van der Waals surface area (Å²) in [5.41, 5.74) is 8.40. The Hall–Kier alpha value is -1.37. The molecule has 1 aromatic carbocycles. The number of benzene rings is 1. The molecule has 2 heterocycles. The quantitative estimate of drug-likeness (QED) is 0.844. The van der Waals surface area contributed by atoms with Crippen molar-refractivity contribution in [2.24, 2.45) is 5.73 Å². The maximum atomic E-state index is 12.7. The van der Waals surface area contributed by atoms with Gasteiger partial charge in [0.05, 0.1) is 23.1 Å². The molecule has 0 saturated carbocycles. The minimum atomic E-state index is 0. The lowest BCUT2D eigenvalue weighted by atomic mass is 10.1. The highest BCUT2D eigenvalue weighted by atomic mass is 79.9. The number of carbonyl (C=O) groups excluding carboxylic acids is 1. The van der Waals surface area contributed by atoms with Crippen molar-refractivity contribution in [3.05, 3.63) is 46.2 Å². The van der Waals surface area contributed by atoms with E-state index in [2.05, 4.69) is 21.0 Å². The molecule has 1 saturated heterocycles. The van der Waals surface area contributed by atoms with Gasteiger partial charge < -0.3 is 10.6 Å². The van der Waals surface area contributed by atoms with Crippen LogP contribution in [0.1, 0.15) is 28.9 Å². The molecule has 2 N–H and O–H groups in total. The molecule has 7 heteroatoms. The summed E-state index contributed by atoms with van der Waals surface area (Å²) in [6.07, 6.45) is 3.60. The molecule has 1 amide bonds. The molecule has 2 aromatic rings. The van der Waals surface area contributed by atoms with E-state index in [1.54, 1.807) is 10.9 Å². The molecule has 1 aliphatic heterocycles. The monoisotopic (exact) mass is 398 g/mol. The van der Waals surface area contributed by atoms with Crippen LogP contribution < -0.4 is 5.73 Å². The largest absolute Gasteiger partial charge is 0.337 e. The summed E-state index contributed by atoms with van der Waals surface area (Å²) in [6, 6.07) is 7.94. The molecule has 0 spiro atoms. The summed E-state index contributed by atoms with van der Waals surface area (Å²) in [7, 11) is 0. The zero-order chi connectivity index (χ0) is 15.7. The van der Waals surface area contributed by atoms with Crippen LogP contribution in [0.15, 0.2) is 34.9 Å². The van der Waals surface area contributed by atoms with Crippen LogP contribution >= 0.6 is 28.3 Å². The van der Waals surface area contributed by atoms with Gasteiger partial charge in [0.15, 0.2) is 0 Å². The van der Waals surface area contributed by atoms with Crippen molar-refractivity contribution in [3.63, 3.8) is 0 Å². The topological polar surface area (TPSA) is 64.2 Å². The van der Waals surface area contributed by atoms with Crippen LogP contribution in [0.4, 0.5) is 0 Å². The summed E-state index contributed by atoms with van der Waals surface area (Å²) < 4.78 is 2.77. The highest BCUT2D eigenvalue weighted by Gasteiger charge is 2.25. The number of rotatable bonds is 2. The normalized spacial score (nSPS) is 17.7. The molecule has 1 atom stereocenters. The standard InChI is InChI=1S/C16H19BrN4O.ClH/c1-11-15(16(22)20-7-3-5-13(18)10-20)9-19-21(11)14-6-2-4-12(17)8-14;/h2,4,6,8-9,13H,3,5,7,10,18H2,1H3;1H. The first kappa shape index (κ1) is 18.0. The number of aromatic nitrogens is 2. The van der Waals surface area contributed by atoms with Crippen LogP contribution in [-0.2, 0) is 0 Å². The average Bonchev–Trinajstić information content (AvgIpc) is 2.88. The van der Waals surface area contributed by atoms with E-state index in [0.29, 0.717) is 12.1 Å². The van der Waals surface area contributed by atoms with Crippen LogP contribution in [0.25, 0.3) is 5.69 Å². The Balaban J connectivity index is 0.00000192. The number of hydrogen-bond donors (Lipinski definition) is 1. The van der Waals surface area contributed by atoms with Gasteiger partial charge in [-0.05, 0) is 38.0 Å². The van der Waals surface area contributed by atoms with Crippen LogP contribution in [0, 0.1) is 6.92 Å². The third-order valence-corrected chi connectivity index (χ3v) is 4.53. The van der Waals surface area contributed by atoms with E-state index >= 15 is 0 Å². The average molecular weight is 400 g/mol.